The van der Waals surface area contributed by atoms with E-state index < -0.39 is 11.7 Å². The van der Waals surface area contributed by atoms with Crippen LogP contribution in [0.3, 0.4) is 0 Å². The van der Waals surface area contributed by atoms with Gasteiger partial charge in [-0.25, -0.2) is 9.64 Å². The fourth-order valence-electron chi connectivity index (χ4n) is 4.26. The van der Waals surface area contributed by atoms with Crippen LogP contribution in [0.1, 0.15) is 68.1 Å². The van der Waals surface area contributed by atoms with Crippen molar-refractivity contribution in [3.05, 3.63) is 70.8 Å². The number of ketones is 1. The molecule has 7 nitrogen and oxygen atoms in total. The van der Waals surface area contributed by atoms with Crippen molar-refractivity contribution in [1.29, 1.82) is 0 Å². The summed E-state index contributed by atoms with van der Waals surface area (Å²) in [4.78, 5) is 37.2. The molecule has 1 fully saturated rings. The zero-order chi connectivity index (χ0) is 25.5. The number of nitrogens with zero attached hydrogens (tertiary/aromatic N) is 3. The van der Waals surface area contributed by atoms with Crippen molar-refractivity contribution < 1.29 is 14.3 Å². The smallest absolute Gasteiger partial charge is 0.413 e. The number of amides is 1. The molecule has 0 spiro atoms. The third kappa shape index (κ3) is 7.40. The maximum Gasteiger partial charge on any atom is 0.413 e. The van der Waals surface area contributed by atoms with Gasteiger partial charge in [0.25, 0.3) is 0 Å². The van der Waals surface area contributed by atoms with Crippen LogP contribution < -0.4 is 5.32 Å². The highest BCUT2D eigenvalue weighted by Gasteiger charge is 2.36. The van der Waals surface area contributed by atoms with E-state index in [2.05, 4.69) is 27.3 Å². The molecule has 1 amide bonds. The number of hydrogen-bond acceptors (Lipinski definition) is 6. The second-order valence-electron chi connectivity index (χ2n) is 9.75. The number of benzene rings is 1. The third-order valence-electron chi connectivity index (χ3n) is 5.95. The van der Waals surface area contributed by atoms with Gasteiger partial charge in [-0.15, -0.1) is 0 Å². The number of aromatic nitrogens is 1. The molecule has 0 atom stereocenters. The lowest BCUT2D eigenvalue weighted by molar-refractivity contribution is 0.0564. The Morgan fingerprint density at radius 1 is 1.23 bits per heavy atom. The first kappa shape index (κ1) is 26.4. The molecule has 1 aliphatic carbocycles. The van der Waals surface area contributed by atoms with E-state index >= 15 is 0 Å². The van der Waals surface area contributed by atoms with Crippen molar-refractivity contribution in [3.8, 4) is 0 Å². The van der Waals surface area contributed by atoms with Gasteiger partial charge in [0.2, 0.25) is 5.69 Å². The first-order valence-electron chi connectivity index (χ1n) is 11.7. The first-order valence-corrected chi connectivity index (χ1v) is 12.9. The van der Waals surface area contributed by atoms with E-state index in [1.54, 1.807) is 12.1 Å². The molecular formula is C27H32N4O3S. The van der Waals surface area contributed by atoms with Crippen LogP contribution in [0.4, 0.5) is 10.5 Å². The standard InChI is InChI=1S/C27H32N4O3S/c1-26(2,3)34-25(33)31-24(35-5)30-18-27(13-6-7-14-27)20-10-8-9-19(15-20)16-23(32)22-12-11-21(28-4)17-29-22/h8-12,15,17H,6-7,13-14,16,18H2,1-3,5H3,(H,30,31,33). The minimum Gasteiger partial charge on any atom is -0.444 e. The van der Waals surface area contributed by atoms with Crippen LogP contribution in [0, 0.1) is 6.57 Å². The number of rotatable bonds is 6. The molecule has 1 heterocycles. The summed E-state index contributed by atoms with van der Waals surface area (Å²) in [6.45, 7) is 13.1. The summed E-state index contributed by atoms with van der Waals surface area (Å²) in [6.07, 6.45) is 7.27. The summed E-state index contributed by atoms with van der Waals surface area (Å²) in [5.74, 6) is -0.0802. The van der Waals surface area contributed by atoms with Gasteiger partial charge in [-0.1, -0.05) is 54.9 Å². The summed E-state index contributed by atoms with van der Waals surface area (Å²) < 4.78 is 5.36. The lowest BCUT2D eigenvalue weighted by Crippen LogP contribution is -2.36. The average Bonchev–Trinajstić information content (AvgIpc) is 3.31. The quantitative estimate of drug-likeness (QED) is 0.227. The maximum absolute atomic E-state index is 12.8. The van der Waals surface area contributed by atoms with Gasteiger partial charge >= 0.3 is 6.09 Å². The lowest BCUT2D eigenvalue weighted by atomic mass is 9.78. The Morgan fingerprint density at radius 3 is 2.57 bits per heavy atom. The minimum absolute atomic E-state index is 0.0802. The van der Waals surface area contributed by atoms with Crippen LogP contribution in [-0.2, 0) is 16.6 Å². The molecule has 0 radical (unpaired) electrons. The fourth-order valence-corrected chi connectivity index (χ4v) is 4.64. The predicted octanol–water partition coefficient (Wildman–Crippen LogP) is 6.11. The molecule has 1 aromatic heterocycles. The lowest BCUT2D eigenvalue weighted by Gasteiger charge is -2.29. The van der Waals surface area contributed by atoms with E-state index in [0.717, 1.165) is 36.8 Å². The van der Waals surface area contributed by atoms with Crippen LogP contribution in [0.2, 0.25) is 0 Å². The molecule has 8 heteroatoms. The van der Waals surface area contributed by atoms with Gasteiger partial charge < -0.3 is 4.74 Å². The molecular weight excluding hydrogens is 460 g/mol. The van der Waals surface area contributed by atoms with Gasteiger partial charge in [0.15, 0.2) is 11.0 Å². The van der Waals surface area contributed by atoms with Crippen LogP contribution in [0.15, 0.2) is 47.6 Å². The Bertz CT molecular complexity index is 1120. The van der Waals surface area contributed by atoms with E-state index in [-0.39, 0.29) is 17.6 Å². The highest BCUT2D eigenvalue weighted by Crippen LogP contribution is 2.42. The maximum atomic E-state index is 12.8. The summed E-state index contributed by atoms with van der Waals surface area (Å²) in [6, 6.07) is 11.4. The number of ether oxygens (including phenoxy) is 1. The molecule has 184 valence electrons. The Hall–Kier alpha value is -3.18. The second-order valence-corrected chi connectivity index (χ2v) is 10.5. The molecule has 2 aromatic rings. The molecule has 1 aromatic carbocycles. The highest BCUT2D eigenvalue weighted by atomic mass is 32.2. The van der Waals surface area contributed by atoms with Crippen LogP contribution in [0.25, 0.3) is 4.85 Å². The van der Waals surface area contributed by atoms with Crippen molar-refractivity contribution in [1.82, 2.24) is 10.3 Å². The van der Waals surface area contributed by atoms with Gasteiger partial charge in [0.05, 0.1) is 13.1 Å². The van der Waals surface area contributed by atoms with Crippen molar-refractivity contribution in [3.63, 3.8) is 0 Å². The van der Waals surface area contributed by atoms with Gasteiger partial charge in [-0.05, 0) is 57.1 Å². The third-order valence-corrected chi connectivity index (χ3v) is 6.57. The topological polar surface area (TPSA) is 85.0 Å². The summed E-state index contributed by atoms with van der Waals surface area (Å²) >= 11 is 1.38. The van der Waals surface area contributed by atoms with Gasteiger partial charge in [0.1, 0.15) is 11.3 Å². The van der Waals surface area contributed by atoms with Crippen molar-refractivity contribution in [2.75, 3.05) is 12.8 Å². The van der Waals surface area contributed by atoms with Gasteiger partial charge in [-0.3, -0.25) is 20.1 Å². The number of Topliss-reactive ketones (excluding diaryl/α,β-unsaturated/α-hetero) is 1. The van der Waals surface area contributed by atoms with E-state index in [9.17, 15) is 9.59 Å². The Labute approximate surface area is 211 Å². The zero-order valence-corrected chi connectivity index (χ0v) is 21.6. The summed E-state index contributed by atoms with van der Waals surface area (Å²) in [5.41, 5.74) is 2.16. The SMILES string of the molecule is [C-]#[N+]c1ccc(C(=O)Cc2cccc(C3(CN=C(NC(=O)OC(C)(C)C)SC)CCCC3)c2)nc1. The van der Waals surface area contributed by atoms with Crippen LogP contribution in [0.5, 0.6) is 0 Å². The van der Waals surface area contributed by atoms with Crippen molar-refractivity contribution in [2.45, 2.75) is 63.9 Å². The summed E-state index contributed by atoms with van der Waals surface area (Å²) in [5, 5.41) is 3.29. The number of aliphatic imine (C=N–C) groups is 1. The zero-order valence-electron chi connectivity index (χ0n) is 20.8. The molecule has 0 aliphatic heterocycles. The van der Waals surface area contributed by atoms with Crippen LogP contribution >= 0.6 is 11.8 Å². The number of alkyl carbamates (subject to hydrolysis) is 1. The van der Waals surface area contributed by atoms with Crippen molar-refractivity contribution >= 4 is 34.5 Å². The number of hydrogen-bond donors (Lipinski definition) is 1. The van der Waals surface area contributed by atoms with E-state index in [0.29, 0.717) is 23.1 Å². The van der Waals surface area contributed by atoms with E-state index in [1.807, 2.05) is 39.2 Å². The van der Waals surface area contributed by atoms with Gasteiger partial charge in [0, 0.05) is 18.0 Å². The molecule has 0 bridgehead atoms. The van der Waals surface area contributed by atoms with Crippen molar-refractivity contribution in [2.24, 2.45) is 4.99 Å². The molecule has 35 heavy (non-hydrogen) atoms. The molecule has 0 saturated heterocycles. The Morgan fingerprint density at radius 2 is 1.97 bits per heavy atom. The normalized spacial score (nSPS) is 15.3. The number of carbonyl (C=O) groups is 2. The van der Waals surface area contributed by atoms with E-state index in [4.69, 9.17) is 16.3 Å². The molecule has 0 unspecified atom stereocenters. The van der Waals surface area contributed by atoms with Crippen LogP contribution in [-0.4, -0.2) is 40.4 Å². The van der Waals surface area contributed by atoms with E-state index in [1.165, 1.54) is 18.0 Å². The molecule has 1 saturated carbocycles. The Kier molecular flexibility index (Phi) is 8.68. The molecule has 3 rings (SSSR count). The second kappa shape index (κ2) is 11.5. The number of thioether (sulfide) groups is 1. The summed E-state index contributed by atoms with van der Waals surface area (Å²) in [7, 11) is 0. The minimum atomic E-state index is -0.577. The molecule has 1 aliphatic rings. The number of amidine groups is 1. The fraction of sp³-hybridized carbons (Fsp3) is 0.444. The Balaban J connectivity index is 1.76. The predicted molar refractivity (Wildman–Crippen MR) is 140 cm³/mol. The largest absolute Gasteiger partial charge is 0.444 e. The number of pyridine rings is 1. The highest BCUT2D eigenvalue weighted by molar-refractivity contribution is 8.13. The van der Waals surface area contributed by atoms with Gasteiger partial charge in [-0.2, -0.15) is 0 Å². The number of nitrogens with one attached hydrogen (secondary N) is 1. The molecule has 1 N–H and O–H groups in total. The first-order chi connectivity index (χ1) is 16.6. The average molecular weight is 493 g/mol. The number of carbonyl (C=O) groups excluding carboxylic acids is 2. The monoisotopic (exact) mass is 492 g/mol.